The number of rotatable bonds is 6. The van der Waals surface area contributed by atoms with Gasteiger partial charge in [0.2, 0.25) is 5.91 Å². The smallest absolute Gasteiger partial charge is 0.237 e. The van der Waals surface area contributed by atoms with Crippen LogP contribution in [0, 0.1) is 0 Å². The molecular formula is C8H18N2O4S. The van der Waals surface area contributed by atoms with Crippen molar-refractivity contribution < 1.29 is 18.3 Å². The van der Waals surface area contributed by atoms with E-state index in [0.717, 1.165) is 6.26 Å². The summed E-state index contributed by atoms with van der Waals surface area (Å²) >= 11 is 0. The maximum Gasteiger partial charge on any atom is 0.237 e. The number of carbonyl (C=O) groups is 1. The van der Waals surface area contributed by atoms with E-state index in [2.05, 4.69) is 5.32 Å². The monoisotopic (exact) mass is 238 g/mol. The molecule has 1 unspecified atom stereocenters. The summed E-state index contributed by atoms with van der Waals surface area (Å²) in [6.07, 6.45) is 1.18. The van der Waals surface area contributed by atoms with Gasteiger partial charge in [0.05, 0.1) is 18.4 Å². The van der Waals surface area contributed by atoms with E-state index in [9.17, 15) is 13.2 Å². The van der Waals surface area contributed by atoms with E-state index in [1.54, 1.807) is 6.92 Å². The molecule has 0 spiro atoms. The molecule has 0 aliphatic heterocycles. The Morgan fingerprint density at radius 2 is 2.07 bits per heavy atom. The van der Waals surface area contributed by atoms with Crippen LogP contribution in [0.5, 0.6) is 0 Å². The first kappa shape index (κ1) is 14.3. The molecule has 7 heteroatoms. The molecule has 0 aromatic rings. The number of nitrogens with two attached hydrogens (primary N) is 1. The molecule has 6 nitrogen and oxygen atoms in total. The molecule has 0 aromatic heterocycles. The van der Waals surface area contributed by atoms with Gasteiger partial charge in [0, 0.05) is 12.3 Å². The molecule has 2 atom stereocenters. The van der Waals surface area contributed by atoms with E-state index in [0.29, 0.717) is 0 Å². The van der Waals surface area contributed by atoms with Gasteiger partial charge in [0.1, 0.15) is 9.84 Å². The topological polar surface area (TPSA) is 109 Å². The molecule has 15 heavy (non-hydrogen) atoms. The maximum absolute atomic E-state index is 11.3. The Bertz CT molecular complexity index is 302. The summed E-state index contributed by atoms with van der Waals surface area (Å²) in [6, 6.07) is -1.23. The van der Waals surface area contributed by atoms with Gasteiger partial charge in [-0.15, -0.1) is 0 Å². The molecule has 4 N–H and O–H groups in total. The van der Waals surface area contributed by atoms with Crippen molar-refractivity contribution >= 4 is 15.7 Å². The average molecular weight is 238 g/mol. The molecule has 90 valence electrons. The fourth-order valence-electron chi connectivity index (χ4n) is 0.868. The molecule has 0 aliphatic carbocycles. The fraction of sp³-hybridized carbons (Fsp3) is 0.875. The number of hydrogen-bond acceptors (Lipinski definition) is 5. The summed E-state index contributed by atoms with van der Waals surface area (Å²) in [5.74, 6) is -0.560. The molecule has 0 radical (unpaired) electrons. The van der Waals surface area contributed by atoms with E-state index in [1.807, 2.05) is 0 Å². The Kier molecular flexibility index (Phi) is 5.77. The predicted octanol–water partition coefficient (Wildman–Crippen LogP) is -1.75. The van der Waals surface area contributed by atoms with Crippen molar-refractivity contribution in [3.05, 3.63) is 0 Å². The lowest BCUT2D eigenvalue weighted by Crippen LogP contribution is -2.46. The zero-order valence-electron chi connectivity index (χ0n) is 8.93. The lowest BCUT2D eigenvalue weighted by Gasteiger charge is -2.15. The molecule has 0 rings (SSSR count). The lowest BCUT2D eigenvalue weighted by atomic mass is 10.2. The maximum atomic E-state index is 11.3. The third kappa shape index (κ3) is 7.29. The summed E-state index contributed by atoms with van der Waals surface area (Å²) < 4.78 is 21.6. The molecule has 0 saturated carbocycles. The van der Waals surface area contributed by atoms with Crippen LogP contribution in [0.2, 0.25) is 0 Å². The van der Waals surface area contributed by atoms with Gasteiger partial charge >= 0.3 is 0 Å². The quantitative estimate of drug-likeness (QED) is 0.508. The van der Waals surface area contributed by atoms with Crippen LogP contribution in [0.15, 0.2) is 0 Å². The second-order valence-electron chi connectivity index (χ2n) is 3.62. The van der Waals surface area contributed by atoms with E-state index < -0.39 is 21.8 Å². The molecule has 0 aliphatic rings. The SMILES string of the molecule is C[C@@H](CO)NC(=O)C(N)CCS(C)(=O)=O. The third-order valence-corrected chi connectivity index (χ3v) is 2.78. The standard InChI is InChI=1S/C8H18N2O4S/c1-6(5-11)10-8(12)7(9)3-4-15(2,13)14/h6-7,11H,3-5,9H2,1-2H3,(H,10,12)/t6-,7?/m0/s1. The second-order valence-corrected chi connectivity index (χ2v) is 5.88. The molecule has 0 aromatic carbocycles. The zero-order valence-corrected chi connectivity index (χ0v) is 9.75. The minimum absolute atomic E-state index is 0.0861. The van der Waals surface area contributed by atoms with Gasteiger partial charge in [0.25, 0.3) is 0 Å². The largest absolute Gasteiger partial charge is 0.394 e. The highest BCUT2D eigenvalue weighted by atomic mass is 32.2. The van der Waals surface area contributed by atoms with Crippen molar-refractivity contribution in [3.8, 4) is 0 Å². The molecule has 0 fully saturated rings. The van der Waals surface area contributed by atoms with Gasteiger partial charge in [-0.1, -0.05) is 0 Å². The number of carbonyl (C=O) groups excluding carboxylic acids is 1. The number of sulfone groups is 1. The van der Waals surface area contributed by atoms with Crippen molar-refractivity contribution in [2.45, 2.75) is 25.4 Å². The first-order valence-electron chi connectivity index (χ1n) is 4.61. The Labute approximate surface area is 89.8 Å². The molecular weight excluding hydrogens is 220 g/mol. The van der Waals surface area contributed by atoms with Crippen LogP contribution in [0.4, 0.5) is 0 Å². The van der Waals surface area contributed by atoms with E-state index in [-0.39, 0.29) is 24.8 Å². The third-order valence-electron chi connectivity index (χ3n) is 1.80. The summed E-state index contributed by atoms with van der Waals surface area (Å²) in [4.78, 5) is 11.3. The molecule has 0 saturated heterocycles. The van der Waals surface area contributed by atoms with Crippen LogP contribution in [0.25, 0.3) is 0 Å². The van der Waals surface area contributed by atoms with Crippen LogP contribution < -0.4 is 11.1 Å². The Morgan fingerprint density at radius 1 is 1.53 bits per heavy atom. The van der Waals surface area contributed by atoms with Crippen molar-refractivity contribution in [2.75, 3.05) is 18.6 Å². The van der Waals surface area contributed by atoms with Gasteiger partial charge in [-0.25, -0.2) is 8.42 Å². The molecule has 0 bridgehead atoms. The van der Waals surface area contributed by atoms with Gasteiger partial charge in [-0.2, -0.15) is 0 Å². The normalized spacial score (nSPS) is 15.7. The van der Waals surface area contributed by atoms with Crippen LogP contribution in [0.1, 0.15) is 13.3 Å². The first-order valence-corrected chi connectivity index (χ1v) is 6.67. The van der Waals surface area contributed by atoms with E-state index in [1.165, 1.54) is 0 Å². The van der Waals surface area contributed by atoms with Crippen LogP contribution in [-0.2, 0) is 14.6 Å². The fourth-order valence-corrected chi connectivity index (χ4v) is 1.55. The summed E-state index contributed by atoms with van der Waals surface area (Å²) in [6.45, 7) is 1.45. The average Bonchev–Trinajstić information content (AvgIpc) is 2.12. The minimum atomic E-state index is -3.10. The van der Waals surface area contributed by atoms with Gasteiger partial charge < -0.3 is 16.2 Å². The van der Waals surface area contributed by atoms with Crippen molar-refractivity contribution in [1.82, 2.24) is 5.32 Å². The van der Waals surface area contributed by atoms with Crippen molar-refractivity contribution in [3.63, 3.8) is 0 Å². The molecule has 1 amide bonds. The van der Waals surface area contributed by atoms with Crippen molar-refractivity contribution in [1.29, 1.82) is 0 Å². The number of aliphatic hydroxyl groups excluding tert-OH is 1. The Balaban J connectivity index is 4.00. The second kappa shape index (κ2) is 6.04. The highest BCUT2D eigenvalue weighted by Crippen LogP contribution is 1.94. The van der Waals surface area contributed by atoms with E-state index in [4.69, 9.17) is 10.8 Å². The highest BCUT2D eigenvalue weighted by Gasteiger charge is 2.17. The van der Waals surface area contributed by atoms with Crippen LogP contribution >= 0.6 is 0 Å². The number of aliphatic hydroxyl groups is 1. The highest BCUT2D eigenvalue weighted by molar-refractivity contribution is 7.90. The van der Waals surface area contributed by atoms with E-state index >= 15 is 0 Å². The van der Waals surface area contributed by atoms with Crippen LogP contribution in [-0.4, -0.2) is 50.1 Å². The van der Waals surface area contributed by atoms with Gasteiger partial charge in [-0.05, 0) is 13.3 Å². The number of hydrogen-bond donors (Lipinski definition) is 3. The summed E-state index contributed by atoms with van der Waals surface area (Å²) in [5.41, 5.74) is 5.47. The Hall–Kier alpha value is -0.660. The number of nitrogens with one attached hydrogen (secondary N) is 1. The van der Waals surface area contributed by atoms with Gasteiger partial charge in [0.15, 0.2) is 0 Å². The van der Waals surface area contributed by atoms with Crippen LogP contribution in [0.3, 0.4) is 0 Å². The zero-order chi connectivity index (χ0) is 12.1. The Morgan fingerprint density at radius 3 is 2.47 bits per heavy atom. The first-order chi connectivity index (χ1) is 6.76. The lowest BCUT2D eigenvalue weighted by molar-refractivity contribution is -0.123. The van der Waals surface area contributed by atoms with Crippen molar-refractivity contribution in [2.24, 2.45) is 5.73 Å². The van der Waals surface area contributed by atoms with Gasteiger partial charge in [-0.3, -0.25) is 4.79 Å². The minimum Gasteiger partial charge on any atom is -0.394 e. The number of amides is 1. The molecule has 0 heterocycles. The summed E-state index contributed by atoms with van der Waals surface area (Å²) in [7, 11) is -3.10. The predicted molar refractivity (Wildman–Crippen MR) is 57.0 cm³/mol. The summed E-state index contributed by atoms with van der Waals surface area (Å²) in [5, 5.41) is 11.1.